The summed E-state index contributed by atoms with van der Waals surface area (Å²) >= 11 is 7.96. The van der Waals surface area contributed by atoms with Crippen molar-refractivity contribution in [2.45, 2.75) is 98.5 Å². The summed E-state index contributed by atoms with van der Waals surface area (Å²) in [5, 5.41) is 42.9. The summed E-state index contributed by atoms with van der Waals surface area (Å²) in [4.78, 5) is 86.5. The maximum atomic E-state index is 14.2. The lowest BCUT2D eigenvalue weighted by Crippen LogP contribution is -2.57. The topological polar surface area (TPSA) is 310 Å². The normalized spacial score (nSPS) is 24.1. The molecular weight excluding hydrogens is 1190 g/mol. The van der Waals surface area contributed by atoms with E-state index in [9.17, 15) is 44.1 Å². The number of pyridine rings is 1. The van der Waals surface area contributed by atoms with Crippen LogP contribution in [0, 0.1) is 0 Å². The van der Waals surface area contributed by atoms with Crippen LogP contribution in [-0.4, -0.2) is 188 Å². The first-order chi connectivity index (χ1) is 38.1. The molecule has 3 aromatic rings. The Morgan fingerprint density at radius 1 is 0.873 bits per heavy atom. The number of hydrogen-bond donors (Lipinski definition) is 7. The predicted molar refractivity (Wildman–Crippen MR) is 287 cm³/mol. The summed E-state index contributed by atoms with van der Waals surface area (Å²) < 4.78 is 52.7. The Morgan fingerprint density at radius 3 is 2.30 bits per heavy atom. The molecular formula is C52H64Br2N6O18S. The number of halogens is 2. The second-order valence-corrected chi connectivity index (χ2v) is 21.3. The number of alkyl halides is 2. The molecule has 0 saturated carbocycles. The molecule has 3 fully saturated rings. The van der Waals surface area contributed by atoms with Crippen LogP contribution in [0.5, 0.6) is 23.0 Å². The molecule has 5 aliphatic rings. The Bertz CT molecular complexity index is 2720. The molecule has 0 bridgehead atoms. The van der Waals surface area contributed by atoms with Gasteiger partial charge >= 0.3 is 0 Å². The Hall–Kier alpha value is -5.04. The van der Waals surface area contributed by atoms with Gasteiger partial charge in [-0.2, -0.15) is 11.8 Å². The molecule has 79 heavy (non-hydrogen) atoms. The number of carbonyl (C=O) groups is 6. The minimum absolute atomic E-state index is 0.00192. The van der Waals surface area contributed by atoms with Crippen LogP contribution in [0.15, 0.2) is 30.3 Å². The number of hydrogen-bond acceptors (Lipinski definition) is 21. The van der Waals surface area contributed by atoms with Gasteiger partial charge in [-0.05, 0) is 13.0 Å². The van der Waals surface area contributed by atoms with Crippen LogP contribution < -0.4 is 31.0 Å². The summed E-state index contributed by atoms with van der Waals surface area (Å²) in [6, 6.07) is 7.83. The van der Waals surface area contributed by atoms with E-state index < -0.39 is 102 Å². The molecule has 8 atom stereocenters. The van der Waals surface area contributed by atoms with E-state index in [1.54, 1.807) is 6.92 Å². The third-order valence-corrected chi connectivity index (χ3v) is 16.0. The van der Waals surface area contributed by atoms with Crippen LogP contribution in [0.4, 0.5) is 0 Å². The number of phenols is 2. The quantitative estimate of drug-likeness (QED) is 0.0217. The molecule has 0 radical (unpaired) electrons. The number of aromatic nitrogens is 1. The van der Waals surface area contributed by atoms with E-state index in [0.29, 0.717) is 56.0 Å². The molecule has 1 aromatic heterocycles. The molecule has 4 amide bonds. The number of ketones is 2. The van der Waals surface area contributed by atoms with Crippen LogP contribution in [-0.2, 0) is 69.4 Å². The fraction of sp³-hybridized carbons (Fsp3) is 0.558. The van der Waals surface area contributed by atoms with Crippen LogP contribution in [0.3, 0.4) is 0 Å². The number of nitrogens with zero attached hydrogens (tertiary/aromatic N) is 2. The number of morpholine rings is 1. The fourth-order valence-electron chi connectivity index (χ4n) is 10.2. The van der Waals surface area contributed by atoms with Crippen LogP contribution >= 0.6 is 43.6 Å². The van der Waals surface area contributed by atoms with Crippen molar-refractivity contribution in [2.24, 2.45) is 0 Å². The molecule has 3 saturated heterocycles. The average Bonchev–Trinajstić information content (AvgIpc) is 3.99. The van der Waals surface area contributed by atoms with Crippen LogP contribution in [0.1, 0.15) is 93.1 Å². The first kappa shape index (κ1) is 60.1. The second kappa shape index (κ2) is 27.6. The molecule has 430 valence electrons. The molecule has 4 heterocycles. The number of ether oxygens (including phenoxy) is 9. The molecule has 2 aliphatic carbocycles. The van der Waals surface area contributed by atoms with E-state index >= 15 is 0 Å². The van der Waals surface area contributed by atoms with Crippen molar-refractivity contribution < 1.29 is 86.7 Å². The van der Waals surface area contributed by atoms with Crippen molar-refractivity contribution in [3.05, 3.63) is 75.1 Å². The van der Waals surface area contributed by atoms with Crippen molar-refractivity contribution in [2.75, 3.05) is 85.0 Å². The van der Waals surface area contributed by atoms with E-state index in [1.165, 1.54) is 32.4 Å². The molecule has 8 rings (SSSR count). The standard InChI is InChI=1S/C52H64Br2N6O18S/c1-27-48-33(60-11-13-75-50(71-3)49(60)78-48)21-39(76-27)77-35-23-52(69,22-32-41(35)47(67)43-42(45(32)65)44(64)31-5-4-6-34(70-2)40(31)46(43)66)51(68)59-58-37(62)8-18-79-26-38(63)56-10-9-55-36(61)7-12-72-14-15-73-16-17-74-30-19-28(24-53)57-29(20-30)25-54/h4-6,19-20,27,33,35,39,48-50,65,67,69H,7-18,21-26H2,1-3H3,(H,55,61)(H,56,63)(H,58,62)(H,59,68)/t27-,33-,35-,39-,48+,49+,50-,52-/m0/s1. The zero-order chi connectivity index (χ0) is 56.4. The third kappa shape index (κ3) is 14.0. The largest absolute Gasteiger partial charge is 0.507 e. The lowest BCUT2D eigenvalue weighted by molar-refractivity contribution is -0.256. The van der Waals surface area contributed by atoms with Crippen molar-refractivity contribution in [3.8, 4) is 23.0 Å². The predicted octanol–water partition coefficient (Wildman–Crippen LogP) is 2.34. The average molecular weight is 1250 g/mol. The number of amides is 4. The number of benzene rings is 2. The second-order valence-electron chi connectivity index (χ2n) is 19.1. The number of phenolic OH excluding ortho intramolecular Hbond substituents is 2. The first-order valence-electron chi connectivity index (χ1n) is 25.7. The van der Waals surface area contributed by atoms with Gasteiger partial charge in [-0.15, -0.1) is 0 Å². The van der Waals surface area contributed by atoms with Gasteiger partial charge in [0.1, 0.15) is 35.7 Å². The summed E-state index contributed by atoms with van der Waals surface area (Å²) in [7, 11) is 2.84. The first-order valence-corrected chi connectivity index (χ1v) is 29.1. The Kier molecular flexibility index (Phi) is 21.0. The number of fused-ring (bicyclic) bond motifs is 6. The lowest BCUT2D eigenvalue weighted by Gasteiger charge is -2.43. The minimum atomic E-state index is -2.45. The van der Waals surface area contributed by atoms with Crippen LogP contribution in [0.25, 0.3) is 0 Å². The highest BCUT2D eigenvalue weighted by Crippen LogP contribution is 2.53. The SMILES string of the molecule is COc1cccc2c1C(=O)c1c(O)c3c(c(O)c1C2=O)C[C@@](O)(C(=O)NNC(=O)CCSCC(=O)NCCNC(=O)CCOCCOCCOc1cc(CBr)nc(CBr)c1)C[C@@H]3O[C@H]1C[C@H]2[C@H](O[C@@H]3[C@@H](OC)OCCN32)[C@H](C)O1. The van der Waals surface area contributed by atoms with E-state index in [-0.39, 0.29) is 96.3 Å². The lowest BCUT2D eigenvalue weighted by atomic mass is 9.72. The smallest absolute Gasteiger partial charge is 0.270 e. The van der Waals surface area contributed by atoms with Crippen molar-refractivity contribution >= 4 is 78.8 Å². The van der Waals surface area contributed by atoms with Crippen LogP contribution in [0.2, 0.25) is 0 Å². The third-order valence-electron chi connectivity index (χ3n) is 13.9. The molecule has 7 N–H and O–H groups in total. The number of methoxy groups -OCH3 is 2. The van der Waals surface area contributed by atoms with Crippen molar-refractivity contribution in [3.63, 3.8) is 0 Å². The van der Waals surface area contributed by atoms with Gasteiger partial charge in [0.05, 0.1) is 86.2 Å². The van der Waals surface area contributed by atoms with Gasteiger partial charge in [0, 0.05) is 110 Å². The number of hydrazine groups is 1. The molecule has 0 spiro atoms. The number of aliphatic hydroxyl groups is 1. The number of aromatic hydroxyl groups is 2. The van der Waals surface area contributed by atoms with E-state index in [0.717, 1.165) is 23.1 Å². The highest BCUT2D eigenvalue weighted by Gasteiger charge is 2.55. The van der Waals surface area contributed by atoms with Crippen molar-refractivity contribution in [1.82, 2.24) is 31.4 Å². The fourth-order valence-corrected chi connectivity index (χ4v) is 11.6. The summed E-state index contributed by atoms with van der Waals surface area (Å²) in [5.74, 6) is -4.44. The Labute approximate surface area is 476 Å². The van der Waals surface area contributed by atoms with E-state index in [4.69, 9.17) is 42.6 Å². The summed E-state index contributed by atoms with van der Waals surface area (Å²) in [5.41, 5.74) is 2.21. The van der Waals surface area contributed by atoms with Gasteiger partial charge in [0.15, 0.2) is 30.2 Å². The van der Waals surface area contributed by atoms with Gasteiger partial charge < -0.3 is 68.6 Å². The number of nitrogens with one attached hydrogen (secondary N) is 4. The molecule has 24 nitrogen and oxygen atoms in total. The maximum Gasteiger partial charge on any atom is 0.270 e. The van der Waals surface area contributed by atoms with E-state index in [1.807, 2.05) is 12.1 Å². The Balaban J connectivity index is 0.787. The monoisotopic (exact) mass is 1250 g/mol. The van der Waals surface area contributed by atoms with Gasteiger partial charge in [0.25, 0.3) is 5.91 Å². The van der Waals surface area contributed by atoms with Crippen molar-refractivity contribution in [1.29, 1.82) is 0 Å². The summed E-state index contributed by atoms with van der Waals surface area (Å²) in [6.45, 7) is 4.60. The number of carbonyl (C=O) groups excluding carboxylic acids is 6. The molecule has 0 unspecified atom stereocenters. The minimum Gasteiger partial charge on any atom is -0.507 e. The molecule has 3 aliphatic heterocycles. The zero-order valence-electron chi connectivity index (χ0n) is 43.7. The van der Waals surface area contributed by atoms with Gasteiger partial charge in [-0.1, -0.05) is 44.0 Å². The molecule has 27 heteroatoms. The van der Waals surface area contributed by atoms with E-state index in [2.05, 4.69) is 63.2 Å². The Morgan fingerprint density at radius 2 is 1.58 bits per heavy atom. The van der Waals surface area contributed by atoms with Gasteiger partial charge in [0.2, 0.25) is 23.5 Å². The number of rotatable bonds is 25. The highest BCUT2D eigenvalue weighted by atomic mass is 79.9. The van der Waals surface area contributed by atoms with Gasteiger partial charge in [-0.3, -0.25) is 49.5 Å². The number of thioether (sulfide) groups is 1. The highest BCUT2D eigenvalue weighted by molar-refractivity contribution is 9.08. The summed E-state index contributed by atoms with van der Waals surface area (Å²) in [6.07, 6.45) is -5.69. The maximum absolute atomic E-state index is 14.2. The van der Waals surface area contributed by atoms with Gasteiger partial charge in [-0.25, -0.2) is 0 Å². The zero-order valence-corrected chi connectivity index (χ0v) is 47.7. The molecule has 2 aromatic carbocycles.